The molecule has 0 fully saturated rings. The van der Waals surface area contributed by atoms with Gasteiger partial charge in [0.15, 0.2) is 0 Å². The molecular weight excluding hydrogens is 262 g/mol. The lowest BCUT2D eigenvalue weighted by Crippen LogP contribution is -2.24. The van der Waals surface area contributed by atoms with Crippen LogP contribution in [0.3, 0.4) is 0 Å². The minimum atomic E-state index is 0.00155. The first-order valence-electron chi connectivity index (χ1n) is 6.84. The van der Waals surface area contributed by atoms with Crippen molar-refractivity contribution in [2.75, 3.05) is 0 Å². The number of hydrogen-bond donors (Lipinski definition) is 1. The molecule has 0 bridgehead atoms. The van der Waals surface area contributed by atoms with Gasteiger partial charge in [0.05, 0.1) is 11.6 Å². The van der Waals surface area contributed by atoms with Gasteiger partial charge in [0.1, 0.15) is 0 Å². The van der Waals surface area contributed by atoms with Crippen molar-refractivity contribution in [1.82, 2.24) is 10.3 Å². The highest BCUT2D eigenvalue weighted by atomic mass is 16.1. The molecule has 21 heavy (non-hydrogen) atoms. The van der Waals surface area contributed by atoms with Gasteiger partial charge in [-0.05, 0) is 41.3 Å². The number of nitrogens with zero attached hydrogens (tertiary/aromatic N) is 2. The first-order valence-corrected chi connectivity index (χ1v) is 6.84. The maximum atomic E-state index is 12.0. The smallest absolute Gasteiger partial charge is 0.220 e. The van der Waals surface area contributed by atoms with Crippen LogP contribution >= 0.6 is 0 Å². The van der Waals surface area contributed by atoms with E-state index < -0.39 is 0 Å². The number of amides is 1. The van der Waals surface area contributed by atoms with Gasteiger partial charge in [-0.1, -0.05) is 19.1 Å². The Morgan fingerprint density at radius 3 is 2.81 bits per heavy atom. The average molecular weight is 279 g/mol. The summed E-state index contributed by atoms with van der Waals surface area (Å²) in [5.74, 6) is 0.153. The van der Waals surface area contributed by atoms with Crippen LogP contribution in [0, 0.1) is 11.3 Å². The van der Waals surface area contributed by atoms with Gasteiger partial charge in [0, 0.05) is 25.4 Å². The van der Waals surface area contributed by atoms with Gasteiger partial charge in [-0.3, -0.25) is 9.78 Å². The molecule has 106 valence electrons. The zero-order valence-electron chi connectivity index (χ0n) is 11.9. The highest BCUT2D eigenvalue weighted by Gasteiger charge is 2.10. The molecule has 1 atom stereocenters. The van der Waals surface area contributed by atoms with Crippen molar-refractivity contribution in [3.63, 3.8) is 0 Å². The largest absolute Gasteiger partial charge is 0.352 e. The van der Waals surface area contributed by atoms with Crippen LogP contribution in [0.4, 0.5) is 0 Å². The van der Waals surface area contributed by atoms with E-state index in [4.69, 9.17) is 5.26 Å². The minimum Gasteiger partial charge on any atom is -0.352 e. The van der Waals surface area contributed by atoms with Gasteiger partial charge in [-0.25, -0.2) is 0 Å². The van der Waals surface area contributed by atoms with E-state index in [1.807, 2.05) is 31.2 Å². The molecule has 0 aliphatic heterocycles. The molecule has 4 heteroatoms. The fourth-order valence-electron chi connectivity index (χ4n) is 2.11. The van der Waals surface area contributed by atoms with Gasteiger partial charge in [-0.2, -0.15) is 5.26 Å². The summed E-state index contributed by atoms with van der Waals surface area (Å²) in [6, 6.07) is 13.2. The second-order valence-corrected chi connectivity index (χ2v) is 4.97. The summed E-state index contributed by atoms with van der Waals surface area (Å²) < 4.78 is 0. The standard InChI is InChI=1S/C17H17N3O/c1-13(16-5-7-19-8-6-16)9-17(21)20-12-15-4-2-3-14(10-15)11-18/h2-8,10,13H,9,12H2,1H3,(H,20,21). The molecule has 0 saturated heterocycles. The molecule has 2 rings (SSSR count). The van der Waals surface area contributed by atoms with Gasteiger partial charge >= 0.3 is 0 Å². The Labute approximate surface area is 124 Å². The summed E-state index contributed by atoms with van der Waals surface area (Å²) in [4.78, 5) is 15.9. The summed E-state index contributed by atoms with van der Waals surface area (Å²) in [6.07, 6.45) is 3.90. The topological polar surface area (TPSA) is 65.8 Å². The van der Waals surface area contributed by atoms with E-state index in [1.165, 1.54) is 0 Å². The number of benzene rings is 1. The predicted molar refractivity (Wildman–Crippen MR) is 80.3 cm³/mol. The first-order chi connectivity index (χ1) is 10.2. The van der Waals surface area contributed by atoms with E-state index in [-0.39, 0.29) is 11.8 Å². The van der Waals surface area contributed by atoms with E-state index >= 15 is 0 Å². The van der Waals surface area contributed by atoms with Crippen molar-refractivity contribution in [1.29, 1.82) is 5.26 Å². The molecule has 0 aliphatic rings. The third-order valence-electron chi connectivity index (χ3n) is 3.31. The van der Waals surface area contributed by atoms with Crippen LogP contribution in [0.25, 0.3) is 0 Å². The molecule has 1 aromatic carbocycles. The van der Waals surface area contributed by atoms with E-state index in [0.717, 1.165) is 11.1 Å². The number of carbonyl (C=O) groups excluding carboxylic acids is 1. The van der Waals surface area contributed by atoms with Crippen LogP contribution in [0.5, 0.6) is 0 Å². The van der Waals surface area contributed by atoms with Crippen LogP contribution in [0.15, 0.2) is 48.8 Å². The van der Waals surface area contributed by atoms with Crippen molar-refractivity contribution < 1.29 is 4.79 Å². The summed E-state index contributed by atoms with van der Waals surface area (Å²) in [5.41, 5.74) is 2.64. The van der Waals surface area contributed by atoms with Crippen LogP contribution in [-0.4, -0.2) is 10.9 Å². The van der Waals surface area contributed by atoms with Crippen molar-refractivity contribution in [3.8, 4) is 6.07 Å². The lowest BCUT2D eigenvalue weighted by atomic mass is 9.98. The molecule has 0 spiro atoms. The normalized spacial score (nSPS) is 11.4. The maximum absolute atomic E-state index is 12.0. The fraction of sp³-hybridized carbons (Fsp3) is 0.235. The van der Waals surface area contributed by atoms with E-state index in [2.05, 4.69) is 16.4 Å². The Hall–Kier alpha value is -2.67. The number of carbonyl (C=O) groups is 1. The van der Waals surface area contributed by atoms with Crippen molar-refractivity contribution in [2.24, 2.45) is 0 Å². The zero-order valence-corrected chi connectivity index (χ0v) is 11.9. The fourth-order valence-corrected chi connectivity index (χ4v) is 2.11. The molecule has 1 amide bonds. The number of nitriles is 1. The number of pyridine rings is 1. The van der Waals surface area contributed by atoms with Crippen LogP contribution in [0.2, 0.25) is 0 Å². The Morgan fingerprint density at radius 2 is 2.10 bits per heavy atom. The van der Waals surface area contributed by atoms with Crippen LogP contribution in [0.1, 0.15) is 36.0 Å². The lowest BCUT2D eigenvalue weighted by Gasteiger charge is -2.12. The van der Waals surface area contributed by atoms with Gasteiger partial charge in [0.25, 0.3) is 0 Å². The molecule has 1 unspecified atom stereocenters. The average Bonchev–Trinajstić information content (AvgIpc) is 2.54. The third-order valence-corrected chi connectivity index (χ3v) is 3.31. The summed E-state index contributed by atoms with van der Waals surface area (Å²) in [6.45, 7) is 2.46. The second kappa shape index (κ2) is 7.20. The van der Waals surface area contributed by atoms with Crippen LogP contribution < -0.4 is 5.32 Å². The van der Waals surface area contributed by atoms with E-state index in [9.17, 15) is 4.79 Å². The summed E-state index contributed by atoms with van der Waals surface area (Å²) >= 11 is 0. The lowest BCUT2D eigenvalue weighted by molar-refractivity contribution is -0.121. The highest BCUT2D eigenvalue weighted by molar-refractivity contribution is 5.76. The molecule has 4 nitrogen and oxygen atoms in total. The SMILES string of the molecule is CC(CC(=O)NCc1cccc(C#N)c1)c1ccncc1. The Morgan fingerprint density at radius 1 is 1.33 bits per heavy atom. The van der Waals surface area contributed by atoms with Crippen molar-refractivity contribution in [3.05, 3.63) is 65.5 Å². The molecule has 1 aromatic heterocycles. The quantitative estimate of drug-likeness (QED) is 0.915. The number of aromatic nitrogens is 1. The van der Waals surface area contributed by atoms with Crippen molar-refractivity contribution >= 4 is 5.91 Å². The molecule has 2 aromatic rings. The maximum Gasteiger partial charge on any atom is 0.220 e. The van der Waals surface area contributed by atoms with Gasteiger partial charge < -0.3 is 5.32 Å². The molecule has 1 N–H and O–H groups in total. The monoisotopic (exact) mass is 279 g/mol. The molecule has 0 radical (unpaired) electrons. The Kier molecular flexibility index (Phi) is 5.05. The Balaban J connectivity index is 1.86. The predicted octanol–water partition coefficient (Wildman–Crippen LogP) is 2.76. The highest BCUT2D eigenvalue weighted by Crippen LogP contribution is 2.17. The molecular formula is C17H17N3O. The van der Waals surface area contributed by atoms with E-state index in [0.29, 0.717) is 18.5 Å². The first kappa shape index (κ1) is 14.7. The summed E-state index contributed by atoms with van der Waals surface area (Å²) in [7, 11) is 0. The molecule has 0 saturated carbocycles. The number of rotatable bonds is 5. The zero-order chi connectivity index (χ0) is 15.1. The second-order valence-electron chi connectivity index (χ2n) is 4.97. The van der Waals surface area contributed by atoms with Gasteiger partial charge in [0.2, 0.25) is 5.91 Å². The summed E-state index contributed by atoms with van der Waals surface area (Å²) in [5, 5.41) is 11.7. The molecule has 0 aliphatic carbocycles. The minimum absolute atomic E-state index is 0.00155. The van der Waals surface area contributed by atoms with Crippen molar-refractivity contribution in [2.45, 2.75) is 25.8 Å². The number of nitrogens with one attached hydrogen (secondary N) is 1. The van der Waals surface area contributed by atoms with Crippen LogP contribution in [-0.2, 0) is 11.3 Å². The van der Waals surface area contributed by atoms with Gasteiger partial charge in [-0.15, -0.1) is 0 Å². The third kappa shape index (κ3) is 4.43. The number of hydrogen-bond acceptors (Lipinski definition) is 3. The molecule has 1 heterocycles. The van der Waals surface area contributed by atoms with E-state index in [1.54, 1.807) is 24.5 Å². The Bertz CT molecular complexity index is 647.